The van der Waals surface area contributed by atoms with E-state index in [0.717, 1.165) is 59.2 Å². The first-order chi connectivity index (χ1) is 12.1. The summed E-state index contributed by atoms with van der Waals surface area (Å²) in [5.74, 6) is 0.133. The van der Waals surface area contributed by atoms with E-state index < -0.39 is 0 Å². The molecule has 1 N–H and O–H groups in total. The van der Waals surface area contributed by atoms with Gasteiger partial charge < -0.3 is 9.88 Å². The second-order valence-corrected chi connectivity index (χ2v) is 8.24. The maximum Gasteiger partial charge on any atom is 0.256 e. The molecule has 1 aliphatic heterocycles. The molecule has 3 aromatic rings. The minimum Gasteiger partial charge on any atom is -0.358 e. The van der Waals surface area contributed by atoms with Crippen LogP contribution in [0.25, 0.3) is 10.9 Å². The number of thiophene rings is 1. The average Bonchev–Trinajstić information content (AvgIpc) is 3.17. The fourth-order valence-corrected chi connectivity index (χ4v) is 4.61. The van der Waals surface area contributed by atoms with E-state index in [1.54, 1.807) is 11.3 Å². The summed E-state index contributed by atoms with van der Waals surface area (Å²) in [5.41, 5.74) is 2.78. The molecule has 2 aromatic heterocycles. The third-order valence-electron chi connectivity index (χ3n) is 4.78. The highest BCUT2D eigenvalue weighted by molar-refractivity contribution is 7.16. The Hall–Kier alpha value is -1.82. The second-order valence-electron chi connectivity index (χ2n) is 6.44. The summed E-state index contributed by atoms with van der Waals surface area (Å²) in [7, 11) is 0. The molecule has 0 unspecified atom stereocenters. The molecule has 0 bridgehead atoms. The molecule has 1 amide bonds. The van der Waals surface area contributed by atoms with E-state index in [1.165, 1.54) is 4.88 Å². The minimum absolute atomic E-state index is 0.133. The zero-order chi connectivity index (χ0) is 17.4. The number of para-hydroxylation sites is 1. The van der Waals surface area contributed by atoms with Crippen LogP contribution in [0.5, 0.6) is 0 Å². The molecule has 4 nitrogen and oxygen atoms in total. The Balaban J connectivity index is 1.45. The molecule has 3 heterocycles. The van der Waals surface area contributed by atoms with E-state index >= 15 is 0 Å². The number of aryl methyl sites for hydroxylation is 1. The first kappa shape index (κ1) is 16.6. The van der Waals surface area contributed by atoms with Crippen LogP contribution in [0.2, 0.25) is 4.34 Å². The molecule has 130 valence electrons. The van der Waals surface area contributed by atoms with E-state index in [2.05, 4.69) is 16.0 Å². The topological polar surface area (TPSA) is 39.3 Å². The number of halogens is 1. The van der Waals surface area contributed by atoms with Gasteiger partial charge in [-0.1, -0.05) is 29.8 Å². The Morgan fingerprint density at radius 1 is 1.16 bits per heavy atom. The van der Waals surface area contributed by atoms with Crippen LogP contribution in [0.15, 0.2) is 36.4 Å². The van der Waals surface area contributed by atoms with Crippen molar-refractivity contribution in [1.82, 2.24) is 14.8 Å². The number of benzene rings is 1. The van der Waals surface area contributed by atoms with Crippen molar-refractivity contribution in [3.05, 3.63) is 56.9 Å². The lowest BCUT2D eigenvalue weighted by Crippen LogP contribution is -2.48. The SMILES string of the molecule is Cc1[nH]c2ccccc2c1C(=O)N1CCN(Cc2ccc(Cl)s2)CC1. The lowest BCUT2D eigenvalue weighted by Gasteiger charge is -2.34. The van der Waals surface area contributed by atoms with Crippen molar-refractivity contribution in [2.24, 2.45) is 0 Å². The Labute approximate surface area is 156 Å². The largest absolute Gasteiger partial charge is 0.358 e. The first-order valence-electron chi connectivity index (χ1n) is 8.45. The van der Waals surface area contributed by atoms with Crippen LogP contribution in [-0.4, -0.2) is 46.9 Å². The summed E-state index contributed by atoms with van der Waals surface area (Å²) in [6.07, 6.45) is 0. The number of nitrogens with one attached hydrogen (secondary N) is 1. The van der Waals surface area contributed by atoms with Gasteiger partial charge in [0.1, 0.15) is 0 Å². The smallest absolute Gasteiger partial charge is 0.256 e. The molecule has 0 saturated carbocycles. The van der Waals surface area contributed by atoms with Gasteiger partial charge >= 0.3 is 0 Å². The number of piperazine rings is 1. The number of hydrogen-bond donors (Lipinski definition) is 1. The molecule has 6 heteroatoms. The van der Waals surface area contributed by atoms with Crippen molar-refractivity contribution in [3.63, 3.8) is 0 Å². The van der Waals surface area contributed by atoms with Crippen LogP contribution in [0.4, 0.5) is 0 Å². The Morgan fingerprint density at radius 2 is 1.92 bits per heavy atom. The molecule has 0 aliphatic carbocycles. The molecular weight excluding hydrogens is 354 g/mol. The number of fused-ring (bicyclic) bond motifs is 1. The van der Waals surface area contributed by atoms with Gasteiger partial charge in [-0.3, -0.25) is 9.69 Å². The van der Waals surface area contributed by atoms with Crippen molar-refractivity contribution in [3.8, 4) is 0 Å². The van der Waals surface area contributed by atoms with Crippen LogP contribution in [0, 0.1) is 6.92 Å². The van der Waals surface area contributed by atoms with Crippen LogP contribution in [0.1, 0.15) is 20.9 Å². The van der Waals surface area contributed by atoms with Crippen LogP contribution >= 0.6 is 22.9 Å². The van der Waals surface area contributed by atoms with E-state index in [1.807, 2.05) is 42.2 Å². The Morgan fingerprint density at radius 3 is 2.64 bits per heavy atom. The summed E-state index contributed by atoms with van der Waals surface area (Å²) < 4.78 is 0.832. The molecule has 1 fully saturated rings. The molecule has 0 spiro atoms. The number of aromatic amines is 1. The highest BCUT2D eigenvalue weighted by Crippen LogP contribution is 2.25. The predicted octanol–water partition coefficient (Wildman–Crippen LogP) is 4.15. The maximum atomic E-state index is 13.0. The van der Waals surface area contributed by atoms with Gasteiger partial charge in [-0.2, -0.15) is 0 Å². The molecule has 25 heavy (non-hydrogen) atoms. The van der Waals surface area contributed by atoms with E-state index in [0.29, 0.717) is 0 Å². The molecule has 0 atom stereocenters. The van der Waals surface area contributed by atoms with Gasteiger partial charge in [0.2, 0.25) is 0 Å². The minimum atomic E-state index is 0.133. The highest BCUT2D eigenvalue weighted by Gasteiger charge is 2.25. The normalized spacial score (nSPS) is 15.8. The van der Waals surface area contributed by atoms with Crippen LogP contribution < -0.4 is 0 Å². The lowest BCUT2D eigenvalue weighted by atomic mass is 10.1. The van der Waals surface area contributed by atoms with Gasteiger partial charge in [-0.05, 0) is 25.1 Å². The van der Waals surface area contributed by atoms with Crippen molar-refractivity contribution >= 4 is 39.7 Å². The summed E-state index contributed by atoms with van der Waals surface area (Å²) in [5, 5.41) is 1.01. The van der Waals surface area contributed by atoms with Crippen LogP contribution in [-0.2, 0) is 6.54 Å². The number of hydrogen-bond acceptors (Lipinski definition) is 3. The number of H-pyrrole nitrogens is 1. The zero-order valence-corrected chi connectivity index (χ0v) is 15.7. The number of aromatic nitrogens is 1. The monoisotopic (exact) mass is 373 g/mol. The standard InChI is InChI=1S/C19H20ClN3OS/c1-13-18(15-4-2-3-5-16(15)21-13)19(24)23-10-8-22(9-11-23)12-14-6-7-17(20)25-14/h2-7,21H,8-12H2,1H3. The van der Waals surface area contributed by atoms with Gasteiger partial charge in [0.05, 0.1) is 9.90 Å². The third kappa shape index (κ3) is 3.32. The van der Waals surface area contributed by atoms with Crippen molar-refractivity contribution in [2.45, 2.75) is 13.5 Å². The summed E-state index contributed by atoms with van der Waals surface area (Å²) in [6, 6.07) is 12.0. The average molecular weight is 374 g/mol. The van der Waals surface area contributed by atoms with Gasteiger partial charge in [0, 0.05) is 54.2 Å². The first-order valence-corrected chi connectivity index (χ1v) is 9.64. The Kier molecular flexibility index (Phi) is 4.54. The molecule has 1 saturated heterocycles. The fraction of sp³-hybridized carbons (Fsp3) is 0.316. The van der Waals surface area contributed by atoms with Crippen molar-refractivity contribution in [2.75, 3.05) is 26.2 Å². The number of amides is 1. The van der Waals surface area contributed by atoms with Gasteiger partial charge in [0.15, 0.2) is 0 Å². The summed E-state index contributed by atoms with van der Waals surface area (Å²) in [6.45, 7) is 6.19. The third-order valence-corrected chi connectivity index (χ3v) is 5.99. The van der Waals surface area contributed by atoms with Crippen LogP contribution in [0.3, 0.4) is 0 Å². The second kappa shape index (κ2) is 6.83. The molecule has 0 radical (unpaired) electrons. The van der Waals surface area contributed by atoms with E-state index in [4.69, 9.17) is 11.6 Å². The van der Waals surface area contributed by atoms with E-state index in [9.17, 15) is 4.79 Å². The number of rotatable bonds is 3. The summed E-state index contributed by atoms with van der Waals surface area (Å²) >= 11 is 7.64. The summed E-state index contributed by atoms with van der Waals surface area (Å²) in [4.78, 5) is 22.0. The molecular formula is C19H20ClN3OS. The highest BCUT2D eigenvalue weighted by atomic mass is 35.5. The number of carbonyl (C=O) groups excluding carboxylic acids is 1. The van der Waals surface area contributed by atoms with Gasteiger partial charge in [-0.15, -0.1) is 11.3 Å². The maximum absolute atomic E-state index is 13.0. The van der Waals surface area contributed by atoms with Gasteiger partial charge in [-0.25, -0.2) is 0 Å². The zero-order valence-electron chi connectivity index (χ0n) is 14.1. The number of nitrogens with zero attached hydrogens (tertiary/aromatic N) is 2. The lowest BCUT2D eigenvalue weighted by molar-refractivity contribution is 0.0631. The molecule has 1 aliphatic rings. The molecule has 4 rings (SSSR count). The fourth-order valence-electron chi connectivity index (χ4n) is 3.48. The van der Waals surface area contributed by atoms with Crippen molar-refractivity contribution < 1.29 is 4.79 Å². The van der Waals surface area contributed by atoms with Crippen molar-refractivity contribution in [1.29, 1.82) is 0 Å². The van der Waals surface area contributed by atoms with Gasteiger partial charge in [0.25, 0.3) is 5.91 Å². The quantitative estimate of drug-likeness (QED) is 0.749. The predicted molar refractivity (Wildman–Crippen MR) is 104 cm³/mol. The number of carbonyl (C=O) groups is 1. The Bertz CT molecular complexity index is 908. The van der Waals surface area contributed by atoms with E-state index in [-0.39, 0.29) is 5.91 Å². The molecule has 1 aromatic carbocycles.